The van der Waals surface area contributed by atoms with Crippen molar-refractivity contribution in [2.45, 2.75) is 6.61 Å². The Kier molecular flexibility index (Phi) is 6.09. The Morgan fingerprint density at radius 2 is 1.77 bits per heavy atom. The van der Waals surface area contributed by atoms with Gasteiger partial charge in [-0.25, -0.2) is 0 Å². The van der Waals surface area contributed by atoms with Gasteiger partial charge in [0.1, 0.15) is 0 Å². The number of benzene rings is 1. The Morgan fingerprint density at radius 1 is 1.23 bits per heavy atom. The zero-order chi connectivity index (χ0) is 9.03. The van der Waals surface area contributed by atoms with E-state index < -0.39 is 7.82 Å². The van der Waals surface area contributed by atoms with Crippen molar-refractivity contribution in [1.29, 1.82) is 0 Å². The van der Waals surface area contributed by atoms with Crippen LogP contribution in [-0.2, 0) is 15.7 Å². The molecule has 0 bridgehead atoms. The minimum Gasteiger partial charge on any atom is -0.790 e. The van der Waals surface area contributed by atoms with E-state index in [1.54, 1.807) is 30.3 Å². The van der Waals surface area contributed by atoms with E-state index in [4.69, 9.17) is 0 Å². The van der Waals surface area contributed by atoms with Gasteiger partial charge in [-0.3, -0.25) is 0 Å². The molecule has 0 radical (unpaired) electrons. The summed E-state index contributed by atoms with van der Waals surface area (Å²) in [5.41, 5.74) is 0.657. The van der Waals surface area contributed by atoms with Crippen molar-refractivity contribution in [3.63, 3.8) is 0 Å². The maximum absolute atomic E-state index is 10.1. The Morgan fingerprint density at radius 3 is 2.23 bits per heavy atom. The topological polar surface area (TPSA) is 72.4 Å². The van der Waals surface area contributed by atoms with E-state index in [0.29, 0.717) is 5.56 Å². The van der Waals surface area contributed by atoms with Gasteiger partial charge in [0.05, 0.1) is 14.4 Å². The van der Waals surface area contributed by atoms with Crippen molar-refractivity contribution >= 4 is 7.82 Å². The van der Waals surface area contributed by atoms with Crippen LogP contribution < -0.4 is 39.3 Å². The van der Waals surface area contributed by atoms with Gasteiger partial charge in [-0.2, -0.15) is 0 Å². The predicted molar refractivity (Wildman–Crippen MR) is 38.8 cm³/mol. The molecule has 1 aromatic rings. The molecule has 4 nitrogen and oxygen atoms in total. The Labute approximate surface area is 98.5 Å². The third-order valence-corrected chi connectivity index (χ3v) is 1.68. The molecule has 0 aromatic heterocycles. The van der Waals surface area contributed by atoms with Crippen molar-refractivity contribution < 1.29 is 48.4 Å². The van der Waals surface area contributed by atoms with Gasteiger partial charge in [-0.1, -0.05) is 30.3 Å². The molecule has 13 heavy (non-hydrogen) atoms. The van der Waals surface area contributed by atoms with E-state index in [1.807, 2.05) is 0 Å². The van der Waals surface area contributed by atoms with E-state index in [0.717, 1.165) is 0 Å². The molecule has 1 aromatic carbocycles. The van der Waals surface area contributed by atoms with Crippen molar-refractivity contribution in [3.8, 4) is 0 Å². The van der Waals surface area contributed by atoms with Crippen LogP contribution in [0.25, 0.3) is 0 Å². The number of hydrogen-bond acceptors (Lipinski definition) is 4. The minimum atomic E-state index is -4.83. The maximum atomic E-state index is 10.1. The van der Waals surface area contributed by atoms with E-state index in [1.165, 1.54) is 0 Å². The van der Waals surface area contributed by atoms with Crippen LogP contribution in [0, 0.1) is 0 Å². The Hall–Kier alpha value is 0.330. The van der Waals surface area contributed by atoms with E-state index in [9.17, 15) is 14.4 Å². The van der Waals surface area contributed by atoms with Crippen LogP contribution >= 0.6 is 7.82 Å². The molecule has 0 aliphatic carbocycles. The fourth-order valence-electron chi connectivity index (χ4n) is 0.728. The summed E-state index contributed by atoms with van der Waals surface area (Å²) >= 11 is 0. The predicted octanol–water partition coefficient (Wildman–Crippen LogP) is -2.96. The number of phosphoric ester groups is 1. The largest absolute Gasteiger partial charge is 1.00 e. The third kappa shape index (κ3) is 6.41. The number of rotatable bonds is 3. The second-order valence-corrected chi connectivity index (χ2v) is 3.36. The van der Waals surface area contributed by atoms with Gasteiger partial charge in [-0.05, 0) is 5.56 Å². The van der Waals surface area contributed by atoms with Crippen LogP contribution in [-0.4, -0.2) is 0 Å². The Bertz CT molecular complexity index is 284. The van der Waals surface area contributed by atoms with Crippen molar-refractivity contribution in [2.24, 2.45) is 0 Å². The zero-order valence-electron chi connectivity index (χ0n) is 7.17. The molecular weight excluding hydrogens is 202 g/mol. The van der Waals surface area contributed by atoms with Gasteiger partial charge in [0.25, 0.3) is 0 Å². The first-order valence-corrected chi connectivity index (χ1v) is 4.74. The summed E-state index contributed by atoms with van der Waals surface area (Å²) in [6, 6.07) is 8.61. The van der Waals surface area contributed by atoms with Gasteiger partial charge >= 0.3 is 29.6 Å². The van der Waals surface area contributed by atoms with Gasteiger partial charge in [0, 0.05) is 0 Å². The molecule has 0 saturated carbocycles. The summed E-state index contributed by atoms with van der Waals surface area (Å²) in [4.78, 5) is 20.1. The van der Waals surface area contributed by atoms with E-state index in [2.05, 4.69) is 4.52 Å². The molecule has 0 atom stereocenters. The molecule has 6 heteroatoms. The molecule has 0 amide bonds. The molecule has 0 aliphatic rings. The van der Waals surface area contributed by atoms with Crippen LogP contribution in [0.4, 0.5) is 0 Å². The average Bonchev–Trinajstić information content (AvgIpc) is 2.02. The molecule has 0 saturated heterocycles. The smallest absolute Gasteiger partial charge is 0.790 e. The molecular formula is C7H7NaO4P-. The third-order valence-electron chi connectivity index (χ3n) is 1.23. The number of phosphoric acid groups is 1. The fourth-order valence-corrected chi connectivity index (χ4v) is 1.04. The SMILES string of the molecule is O=P([O-])([O-])OCc1ccccc1.[Na+]. The molecule has 0 heterocycles. The molecule has 0 unspecified atom stereocenters. The summed E-state index contributed by atoms with van der Waals surface area (Å²) in [5, 5.41) is 0. The second-order valence-electron chi connectivity index (χ2n) is 2.21. The quantitative estimate of drug-likeness (QED) is 0.393. The van der Waals surface area contributed by atoms with Crippen LogP contribution in [0.3, 0.4) is 0 Å². The Balaban J connectivity index is 0.00000144. The fraction of sp³-hybridized carbons (Fsp3) is 0.143. The first kappa shape index (κ1) is 13.3. The van der Waals surface area contributed by atoms with E-state index >= 15 is 0 Å². The molecule has 0 spiro atoms. The van der Waals surface area contributed by atoms with E-state index in [-0.39, 0.29) is 36.2 Å². The van der Waals surface area contributed by atoms with Crippen molar-refractivity contribution in [1.82, 2.24) is 0 Å². The first-order chi connectivity index (χ1) is 5.58. The zero-order valence-corrected chi connectivity index (χ0v) is 10.1. The van der Waals surface area contributed by atoms with Crippen LogP contribution in [0.5, 0.6) is 0 Å². The number of hydrogen-bond donors (Lipinski definition) is 0. The van der Waals surface area contributed by atoms with Gasteiger partial charge in [-0.15, -0.1) is 0 Å². The average molecular weight is 209 g/mol. The van der Waals surface area contributed by atoms with Crippen molar-refractivity contribution in [2.75, 3.05) is 0 Å². The van der Waals surface area contributed by atoms with Gasteiger partial charge in [0.2, 0.25) is 0 Å². The van der Waals surface area contributed by atoms with Crippen LogP contribution in [0.15, 0.2) is 30.3 Å². The van der Waals surface area contributed by atoms with Crippen molar-refractivity contribution in [3.05, 3.63) is 35.9 Å². The van der Waals surface area contributed by atoms with Gasteiger partial charge in [0.15, 0.2) is 0 Å². The molecule has 66 valence electrons. The summed E-state index contributed by atoms with van der Waals surface area (Å²) < 4.78 is 14.1. The second kappa shape index (κ2) is 5.94. The van der Waals surface area contributed by atoms with Gasteiger partial charge < -0.3 is 18.9 Å². The first-order valence-electron chi connectivity index (χ1n) is 3.28. The summed E-state index contributed by atoms with van der Waals surface area (Å²) in [7, 11) is -4.83. The molecule has 1 rings (SSSR count). The van der Waals surface area contributed by atoms with Crippen LogP contribution in [0.2, 0.25) is 0 Å². The normalized spacial score (nSPS) is 10.6. The molecule has 0 N–H and O–H groups in total. The monoisotopic (exact) mass is 209 g/mol. The van der Waals surface area contributed by atoms with Crippen LogP contribution in [0.1, 0.15) is 5.56 Å². The maximum Gasteiger partial charge on any atom is 1.00 e. The molecule has 0 aliphatic heterocycles. The summed E-state index contributed by atoms with van der Waals surface area (Å²) in [5.74, 6) is 0. The molecule has 0 fully saturated rings. The standard InChI is InChI=1S/C7H9O4P.Na/c8-12(9,10)11-6-7-4-2-1-3-5-7;/h1-5H,6H2,(H2,8,9,10);/q;+1/p-2. The summed E-state index contributed by atoms with van der Waals surface area (Å²) in [6.07, 6.45) is 0. The minimum absolute atomic E-state index is 0. The summed E-state index contributed by atoms with van der Waals surface area (Å²) in [6.45, 7) is -0.189.